The number of para-hydroxylation sites is 1. The maximum atomic E-state index is 11.9. The van der Waals surface area contributed by atoms with Crippen molar-refractivity contribution in [3.63, 3.8) is 0 Å². The molecule has 1 aromatic carbocycles. The Morgan fingerprint density at radius 2 is 2.21 bits per heavy atom. The van der Waals surface area contributed by atoms with Crippen molar-refractivity contribution in [2.45, 2.75) is 6.92 Å². The van der Waals surface area contributed by atoms with E-state index in [9.17, 15) is 14.9 Å². The first kappa shape index (κ1) is 15.4. The van der Waals surface area contributed by atoms with Crippen LogP contribution in [0.25, 0.3) is 0 Å². The minimum absolute atomic E-state index is 0.0577. The molecule has 0 bridgehead atoms. The lowest BCUT2D eigenvalue weighted by molar-refractivity contribution is -0.385. The molecule has 1 N–H and O–H groups in total. The van der Waals surface area contributed by atoms with E-state index < -0.39 is 10.8 Å². The van der Waals surface area contributed by atoms with E-state index >= 15 is 0 Å². The Morgan fingerprint density at radius 1 is 1.47 bits per heavy atom. The summed E-state index contributed by atoms with van der Waals surface area (Å²) < 4.78 is 5.09. The van der Waals surface area contributed by atoms with Crippen molar-refractivity contribution in [3.8, 4) is 0 Å². The van der Waals surface area contributed by atoms with Gasteiger partial charge >= 0.3 is 0 Å². The summed E-state index contributed by atoms with van der Waals surface area (Å²) in [5, 5.41) is 13.5. The van der Waals surface area contributed by atoms with Gasteiger partial charge in [-0.1, -0.05) is 12.1 Å². The number of benzene rings is 1. The van der Waals surface area contributed by atoms with Crippen molar-refractivity contribution in [3.05, 3.63) is 39.4 Å². The SMILES string of the molecule is Cc1cccc(C(=O)NCCOCCCl)c1[N+](=O)[O-]. The van der Waals surface area contributed by atoms with E-state index in [1.54, 1.807) is 19.1 Å². The van der Waals surface area contributed by atoms with Gasteiger partial charge in [0.25, 0.3) is 11.6 Å². The number of rotatable bonds is 7. The molecule has 0 saturated heterocycles. The molecule has 0 fully saturated rings. The fourth-order valence-corrected chi connectivity index (χ4v) is 1.68. The third kappa shape index (κ3) is 4.50. The van der Waals surface area contributed by atoms with E-state index in [1.807, 2.05) is 0 Å². The van der Waals surface area contributed by atoms with Gasteiger partial charge in [-0.3, -0.25) is 14.9 Å². The molecule has 0 heterocycles. The second kappa shape index (κ2) is 7.70. The van der Waals surface area contributed by atoms with Crippen LogP contribution in [0.15, 0.2) is 18.2 Å². The van der Waals surface area contributed by atoms with Crippen molar-refractivity contribution in [1.29, 1.82) is 0 Å². The molecule has 0 spiro atoms. The molecule has 19 heavy (non-hydrogen) atoms. The Bertz CT molecular complexity index is 465. The molecule has 0 aliphatic heterocycles. The molecule has 0 aromatic heterocycles. The van der Waals surface area contributed by atoms with E-state index in [0.717, 1.165) is 0 Å². The minimum atomic E-state index is -0.547. The summed E-state index contributed by atoms with van der Waals surface area (Å²) >= 11 is 5.42. The lowest BCUT2D eigenvalue weighted by Crippen LogP contribution is -2.28. The summed E-state index contributed by atoms with van der Waals surface area (Å²) in [5.41, 5.74) is 0.347. The number of halogens is 1. The van der Waals surface area contributed by atoms with Gasteiger partial charge in [-0.15, -0.1) is 11.6 Å². The van der Waals surface area contributed by atoms with Gasteiger partial charge in [0, 0.05) is 18.0 Å². The highest BCUT2D eigenvalue weighted by atomic mass is 35.5. The highest BCUT2D eigenvalue weighted by Crippen LogP contribution is 2.22. The molecule has 0 saturated carbocycles. The number of alkyl halides is 1. The Kier molecular flexibility index (Phi) is 6.24. The fraction of sp³-hybridized carbons (Fsp3) is 0.417. The van der Waals surface area contributed by atoms with Crippen LogP contribution >= 0.6 is 11.6 Å². The summed E-state index contributed by atoms with van der Waals surface area (Å²) in [7, 11) is 0. The van der Waals surface area contributed by atoms with Crippen LogP contribution in [0.2, 0.25) is 0 Å². The third-order valence-electron chi connectivity index (χ3n) is 2.42. The molecule has 1 amide bonds. The number of ether oxygens (including phenoxy) is 1. The summed E-state index contributed by atoms with van der Waals surface area (Å²) in [4.78, 5) is 22.3. The molecule has 0 aliphatic carbocycles. The van der Waals surface area contributed by atoms with Crippen LogP contribution < -0.4 is 5.32 Å². The number of nitro benzene ring substituents is 1. The molecular formula is C12H15ClN2O4. The number of hydrogen-bond acceptors (Lipinski definition) is 4. The second-order valence-corrected chi connectivity index (χ2v) is 4.16. The molecule has 0 unspecified atom stereocenters. The second-order valence-electron chi connectivity index (χ2n) is 3.79. The molecule has 0 aliphatic rings. The van der Waals surface area contributed by atoms with Crippen LogP contribution in [0.3, 0.4) is 0 Å². The van der Waals surface area contributed by atoms with Gasteiger partial charge in [0.2, 0.25) is 0 Å². The monoisotopic (exact) mass is 286 g/mol. The summed E-state index contributed by atoms with van der Waals surface area (Å²) in [6.07, 6.45) is 0. The number of carbonyl (C=O) groups excluding carboxylic acids is 1. The van der Waals surface area contributed by atoms with Crippen molar-refractivity contribution >= 4 is 23.2 Å². The maximum absolute atomic E-state index is 11.9. The highest BCUT2D eigenvalue weighted by Gasteiger charge is 2.21. The zero-order chi connectivity index (χ0) is 14.3. The number of nitrogens with zero attached hydrogens (tertiary/aromatic N) is 1. The van der Waals surface area contributed by atoms with Crippen molar-refractivity contribution in [1.82, 2.24) is 5.32 Å². The lowest BCUT2D eigenvalue weighted by atomic mass is 10.1. The first-order chi connectivity index (χ1) is 9.07. The summed E-state index contributed by atoms with van der Waals surface area (Å²) in [6, 6.07) is 4.64. The molecule has 7 heteroatoms. The molecule has 1 rings (SSSR count). The van der Waals surface area contributed by atoms with Gasteiger partial charge in [-0.25, -0.2) is 0 Å². The van der Waals surface area contributed by atoms with Crippen molar-refractivity contribution in [2.75, 3.05) is 25.6 Å². The predicted molar refractivity (Wildman–Crippen MR) is 71.7 cm³/mol. The zero-order valence-corrected chi connectivity index (χ0v) is 11.3. The average Bonchev–Trinajstić information content (AvgIpc) is 2.37. The first-order valence-electron chi connectivity index (χ1n) is 5.74. The van der Waals surface area contributed by atoms with Crippen LogP contribution in [0, 0.1) is 17.0 Å². The number of nitrogens with one attached hydrogen (secondary N) is 1. The van der Waals surface area contributed by atoms with Crippen molar-refractivity contribution in [2.24, 2.45) is 0 Å². The number of hydrogen-bond donors (Lipinski definition) is 1. The lowest BCUT2D eigenvalue weighted by Gasteiger charge is -2.07. The molecule has 0 atom stereocenters. The quantitative estimate of drug-likeness (QED) is 0.359. The maximum Gasteiger partial charge on any atom is 0.285 e. The number of aryl methyl sites for hydroxylation is 1. The molecule has 104 valence electrons. The first-order valence-corrected chi connectivity index (χ1v) is 6.27. The van der Waals surface area contributed by atoms with Crippen LogP contribution in [0.1, 0.15) is 15.9 Å². The smallest absolute Gasteiger partial charge is 0.285 e. The van der Waals surface area contributed by atoms with E-state index in [1.165, 1.54) is 6.07 Å². The zero-order valence-electron chi connectivity index (χ0n) is 10.5. The summed E-state index contributed by atoms with van der Waals surface area (Å²) in [6.45, 7) is 2.60. The number of amides is 1. The molecule has 6 nitrogen and oxygen atoms in total. The van der Waals surface area contributed by atoms with E-state index in [2.05, 4.69) is 5.32 Å². The van der Waals surface area contributed by atoms with Crippen LogP contribution in [-0.4, -0.2) is 36.5 Å². The van der Waals surface area contributed by atoms with Gasteiger partial charge in [0.15, 0.2) is 0 Å². The van der Waals surface area contributed by atoms with E-state index in [-0.39, 0.29) is 17.8 Å². The van der Waals surface area contributed by atoms with E-state index in [4.69, 9.17) is 16.3 Å². The normalized spacial score (nSPS) is 10.2. The summed E-state index contributed by atoms with van der Waals surface area (Å²) in [5.74, 6) is -0.0954. The molecular weight excluding hydrogens is 272 g/mol. The Morgan fingerprint density at radius 3 is 2.84 bits per heavy atom. The largest absolute Gasteiger partial charge is 0.378 e. The van der Waals surface area contributed by atoms with Gasteiger partial charge in [-0.05, 0) is 13.0 Å². The van der Waals surface area contributed by atoms with E-state index in [0.29, 0.717) is 24.7 Å². The molecule has 1 aromatic rings. The fourth-order valence-electron chi connectivity index (χ4n) is 1.57. The Hall–Kier alpha value is -1.66. The van der Waals surface area contributed by atoms with Crippen molar-refractivity contribution < 1.29 is 14.5 Å². The Labute approximate surface area is 115 Å². The van der Waals surface area contributed by atoms with Crippen LogP contribution in [-0.2, 0) is 4.74 Å². The van der Waals surface area contributed by atoms with Gasteiger partial charge < -0.3 is 10.1 Å². The standard InChI is InChI=1S/C12H15ClN2O4/c1-9-3-2-4-10(11(9)15(17)18)12(16)14-6-8-19-7-5-13/h2-4H,5-8H2,1H3,(H,14,16). The van der Waals surface area contributed by atoms with Gasteiger partial charge in [0.1, 0.15) is 5.56 Å². The highest BCUT2D eigenvalue weighted by molar-refractivity contribution is 6.17. The topological polar surface area (TPSA) is 81.5 Å². The predicted octanol–water partition coefficient (Wildman–Crippen LogP) is 1.89. The van der Waals surface area contributed by atoms with Gasteiger partial charge in [-0.2, -0.15) is 0 Å². The number of nitro groups is 1. The third-order valence-corrected chi connectivity index (χ3v) is 2.57. The Balaban J connectivity index is 2.67. The van der Waals surface area contributed by atoms with Crippen LogP contribution in [0.5, 0.6) is 0 Å². The minimum Gasteiger partial charge on any atom is -0.378 e. The molecule has 0 radical (unpaired) electrons. The van der Waals surface area contributed by atoms with Gasteiger partial charge in [0.05, 0.1) is 18.1 Å². The van der Waals surface area contributed by atoms with Crippen LogP contribution in [0.4, 0.5) is 5.69 Å². The average molecular weight is 287 g/mol. The number of carbonyl (C=O) groups is 1.